The van der Waals surface area contributed by atoms with Crippen LogP contribution < -0.4 is 10.1 Å². The maximum atomic E-state index is 13.1. The van der Waals surface area contributed by atoms with Crippen LogP contribution in [0.15, 0.2) is 42.5 Å². The summed E-state index contributed by atoms with van der Waals surface area (Å²) in [5.74, 6) is -0.443. The molecule has 2 atom stereocenters. The van der Waals surface area contributed by atoms with E-state index in [0.29, 0.717) is 23.4 Å². The Bertz CT molecular complexity index is 818. The van der Waals surface area contributed by atoms with Crippen molar-refractivity contribution in [1.82, 2.24) is 0 Å². The lowest BCUT2D eigenvalue weighted by Gasteiger charge is -2.23. The van der Waals surface area contributed by atoms with Gasteiger partial charge in [0.05, 0.1) is 25.2 Å². The maximum Gasteiger partial charge on any atom is 0.416 e. The van der Waals surface area contributed by atoms with Gasteiger partial charge in [-0.05, 0) is 47.9 Å². The van der Waals surface area contributed by atoms with E-state index in [0.717, 1.165) is 17.7 Å². The summed E-state index contributed by atoms with van der Waals surface area (Å²) in [7, 11) is 3.05. The van der Waals surface area contributed by atoms with Crippen molar-refractivity contribution in [3.05, 3.63) is 59.2 Å². The van der Waals surface area contributed by atoms with Crippen molar-refractivity contribution in [2.75, 3.05) is 26.1 Å². The van der Waals surface area contributed by atoms with E-state index in [2.05, 4.69) is 5.32 Å². The fourth-order valence-corrected chi connectivity index (χ4v) is 3.42. The monoisotopic (exact) mass is 379 g/mol. The van der Waals surface area contributed by atoms with Crippen LogP contribution in [0.3, 0.4) is 0 Å². The molecule has 0 saturated heterocycles. The Morgan fingerprint density at radius 1 is 1.11 bits per heavy atom. The van der Waals surface area contributed by atoms with E-state index in [-0.39, 0.29) is 18.4 Å². The number of alkyl halides is 3. The molecule has 4 nitrogen and oxygen atoms in total. The topological polar surface area (TPSA) is 47.6 Å². The Hall–Kier alpha value is -2.54. The van der Waals surface area contributed by atoms with Crippen molar-refractivity contribution >= 4 is 11.6 Å². The normalized spacial score (nSPS) is 19.8. The summed E-state index contributed by atoms with van der Waals surface area (Å²) in [5, 5.41) is 2.75. The number of benzene rings is 2. The number of carbonyl (C=O) groups is 1. The molecule has 7 heteroatoms. The molecule has 0 fully saturated rings. The number of hydrogen-bond donors (Lipinski definition) is 1. The number of amides is 1. The lowest BCUT2D eigenvalue weighted by atomic mass is 9.82. The Kier molecular flexibility index (Phi) is 5.41. The number of methoxy groups -OCH3 is 2. The molecule has 0 aromatic heterocycles. The van der Waals surface area contributed by atoms with Crippen LogP contribution in [0, 0.1) is 5.92 Å². The molecule has 0 bridgehead atoms. The number of halogens is 3. The SMILES string of the molecule is COCC1C(=O)Nc2ccc(C(F)(F)F)cc2CC1c1ccc(OC)cc1. The van der Waals surface area contributed by atoms with E-state index in [1.165, 1.54) is 13.2 Å². The third-order valence-corrected chi connectivity index (χ3v) is 4.84. The van der Waals surface area contributed by atoms with Gasteiger partial charge in [-0.1, -0.05) is 12.1 Å². The predicted molar refractivity (Wildman–Crippen MR) is 94.9 cm³/mol. The average Bonchev–Trinajstić information content (AvgIpc) is 2.77. The van der Waals surface area contributed by atoms with Gasteiger partial charge in [-0.2, -0.15) is 13.2 Å². The van der Waals surface area contributed by atoms with Gasteiger partial charge in [-0.15, -0.1) is 0 Å². The molecule has 0 aliphatic carbocycles. The standard InChI is InChI=1S/C20H20F3NO3/c1-26-11-17-16(12-3-6-15(27-2)7-4-12)10-13-9-14(20(21,22)23)5-8-18(13)24-19(17)25/h3-9,16-17H,10-11H2,1-2H3,(H,24,25). The largest absolute Gasteiger partial charge is 0.497 e. The molecule has 1 amide bonds. The summed E-state index contributed by atoms with van der Waals surface area (Å²) in [4.78, 5) is 12.7. The Labute approximate surface area is 155 Å². The molecule has 0 saturated carbocycles. The Morgan fingerprint density at radius 2 is 1.81 bits per heavy atom. The first-order valence-corrected chi connectivity index (χ1v) is 8.47. The van der Waals surface area contributed by atoms with Gasteiger partial charge in [0.15, 0.2) is 0 Å². The second kappa shape index (κ2) is 7.60. The molecule has 1 heterocycles. The molecule has 3 rings (SSSR count). The van der Waals surface area contributed by atoms with Gasteiger partial charge in [0.1, 0.15) is 5.75 Å². The first-order valence-electron chi connectivity index (χ1n) is 8.47. The van der Waals surface area contributed by atoms with Crippen LogP contribution in [0.1, 0.15) is 22.6 Å². The van der Waals surface area contributed by atoms with E-state index in [1.807, 2.05) is 12.1 Å². The van der Waals surface area contributed by atoms with Gasteiger partial charge in [-0.25, -0.2) is 0 Å². The molecular formula is C20H20F3NO3. The molecule has 2 aromatic carbocycles. The molecule has 0 spiro atoms. The van der Waals surface area contributed by atoms with Crippen LogP contribution >= 0.6 is 0 Å². The van der Waals surface area contributed by atoms with Gasteiger partial charge in [0.25, 0.3) is 0 Å². The van der Waals surface area contributed by atoms with Crippen molar-refractivity contribution in [3.63, 3.8) is 0 Å². The first-order chi connectivity index (χ1) is 12.8. The molecule has 2 aromatic rings. The van der Waals surface area contributed by atoms with Gasteiger partial charge in [-0.3, -0.25) is 4.79 Å². The average molecular weight is 379 g/mol. The van der Waals surface area contributed by atoms with E-state index >= 15 is 0 Å². The van der Waals surface area contributed by atoms with Gasteiger partial charge >= 0.3 is 6.18 Å². The highest BCUT2D eigenvalue weighted by atomic mass is 19.4. The summed E-state index contributed by atoms with van der Waals surface area (Å²) in [5.41, 5.74) is 0.982. The van der Waals surface area contributed by atoms with Crippen molar-refractivity contribution in [2.24, 2.45) is 5.92 Å². The lowest BCUT2D eigenvalue weighted by molar-refractivity contribution is -0.137. The number of anilines is 1. The lowest BCUT2D eigenvalue weighted by Crippen LogP contribution is -2.30. The van der Waals surface area contributed by atoms with Crippen LogP contribution in [-0.4, -0.2) is 26.7 Å². The zero-order chi connectivity index (χ0) is 19.6. The summed E-state index contributed by atoms with van der Waals surface area (Å²) < 4.78 is 49.7. The van der Waals surface area contributed by atoms with Crippen molar-refractivity contribution in [1.29, 1.82) is 0 Å². The number of ether oxygens (including phenoxy) is 2. The van der Waals surface area contributed by atoms with E-state index in [9.17, 15) is 18.0 Å². The predicted octanol–water partition coefficient (Wildman–Crippen LogP) is 4.26. The molecule has 2 unspecified atom stereocenters. The highest BCUT2D eigenvalue weighted by Crippen LogP contribution is 2.39. The van der Waals surface area contributed by atoms with Gasteiger partial charge in [0, 0.05) is 18.7 Å². The Morgan fingerprint density at radius 3 is 2.41 bits per heavy atom. The highest BCUT2D eigenvalue weighted by Gasteiger charge is 2.36. The molecular weight excluding hydrogens is 359 g/mol. The summed E-state index contributed by atoms with van der Waals surface area (Å²) in [6, 6.07) is 10.6. The second-order valence-corrected chi connectivity index (χ2v) is 6.50. The zero-order valence-corrected chi connectivity index (χ0v) is 15.0. The van der Waals surface area contributed by atoms with Crippen LogP contribution in [0.4, 0.5) is 18.9 Å². The smallest absolute Gasteiger partial charge is 0.416 e. The van der Waals surface area contributed by atoms with Crippen LogP contribution in [0.5, 0.6) is 5.75 Å². The minimum atomic E-state index is -4.44. The first kappa shape index (κ1) is 19.2. The molecule has 1 aliphatic rings. The van der Waals surface area contributed by atoms with E-state index in [4.69, 9.17) is 9.47 Å². The fourth-order valence-electron chi connectivity index (χ4n) is 3.42. The molecule has 27 heavy (non-hydrogen) atoms. The number of carbonyl (C=O) groups excluding carboxylic acids is 1. The quantitative estimate of drug-likeness (QED) is 0.864. The van der Waals surface area contributed by atoms with Crippen molar-refractivity contribution in [3.8, 4) is 5.75 Å². The minimum Gasteiger partial charge on any atom is -0.497 e. The van der Waals surface area contributed by atoms with Gasteiger partial charge in [0.2, 0.25) is 5.91 Å². The summed E-state index contributed by atoms with van der Waals surface area (Å²) in [6.07, 6.45) is -4.15. The molecule has 144 valence electrons. The Balaban J connectivity index is 2.04. The summed E-state index contributed by atoms with van der Waals surface area (Å²) in [6.45, 7) is 0.169. The van der Waals surface area contributed by atoms with E-state index < -0.39 is 17.7 Å². The van der Waals surface area contributed by atoms with Gasteiger partial charge < -0.3 is 14.8 Å². The fraction of sp³-hybridized carbons (Fsp3) is 0.350. The third-order valence-electron chi connectivity index (χ3n) is 4.84. The highest BCUT2D eigenvalue weighted by molar-refractivity contribution is 5.95. The van der Waals surface area contributed by atoms with Crippen LogP contribution in [0.25, 0.3) is 0 Å². The number of fused-ring (bicyclic) bond motifs is 1. The third kappa shape index (κ3) is 4.08. The van der Waals surface area contributed by atoms with Crippen molar-refractivity contribution in [2.45, 2.75) is 18.5 Å². The maximum absolute atomic E-state index is 13.1. The van der Waals surface area contributed by atoms with Crippen LogP contribution in [-0.2, 0) is 22.1 Å². The minimum absolute atomic E-state index is 0.169. The molecule has 1 aliphatic heterocycles. The summed E-state index contributed by atoms with van der Waals surface area (Å²) >= 11 is 0. The molecule has 1 N–H and O–H groups in total. The number of nitrogens with one attached hydrogen (secondary N) is 1. The van der Waals surface area contributed by atoms with Crippen molar-refractivity contribution < 1.29 is 27.4 Å². The zero-order valence-electron chi connectivity index (χ0n) is 15.0. The van der Waals surface area contributed by atoms with E-state index in [1.54, 1.807) is 19.2 Å². The second-order valence-electron chi connectivity index (χ2n) is 6.50. The number of rotatable bonds is 4. The van der Waals surface area contributed by atoms with Crippen LogP contribution in [0.2, 0.25) is 0 Å². The number of hydrogen-bond acceptors (Lipinski definition) is 3. The molecule has 0 radical (unpaired) electrons.